The lowest BCUT2D eigenvalue weighted by molar-refractivity contribution is 0.235. The Morgan fingerprint density at radius 3 is 2.50 bits per heavy atom. The maximum Gasteiger partial charge on any atom is 0.119 e. The molecule has 1 aliphatic rings. The summed E-state index contributed by atoms with van der Waals surface area (Å²) in [6.07, 6.45) is 2.30. The molecule has 18 heavy (non-hydrogen) atoms. The summed E-state index contributed by atoms with van der Waals surface area (Å²) in [5, 5.41) is 8.68. The van der Waals surface area contributed by atoms with E-state index in [0.717, 1.165) is 31.7 Å². The van der Waals surface area contributed by atoms with Crippen LogP contribution >= 0.6 is 0 Å². The zero-order valence-electron chi connectivity index (χ0n) is 10.9. The summed E-state index contributed by atoms with van der Waals surface area (Å²) >= 11 is 0. The third kappa shape index (κ3) is 3.24. The lowest BCUT2D eigenvalue weighted by Gasteiger charge is -2.30. The minimum Gasteiger partial charge on any atom is -0.494 e. The van der Waals surface area contributed by atoms with Gasteiger partial charge in [-0.3, -0.25) is 4.90 Å². The molecule has 3 nitrogen and oxygen atoms in total. The molecular weight excluding hydrogens is 224 g/mol. The van der Waals surface area contributed by atoms with Gasteiger partial charge in [-0.15, -0.1) is 0 Å². The van der Waals surface area contributed by atoms with Gasteiger partial charge in [0, 0.05) is 0 Å². The first-order valence-electron chi connectivity index (χ1n) is 6.65. The van der Waals surface area contributed by atoms with E-state index in [2.05, 4.69) is 35.2 Å². The van der Waals surface area contributed by atoms with Crippen LogP contribution in [0.5, 0.6) is 5.75 Å². The first kappa shape index (κ1) is 12.9. The highest BCUT2D eigenvalue weighted by molar-refractivity contribution is 5.29. The molecule has 0 aromatic heterocycles. The third-order valence-electron chi connectivity index (χ3n) is 3.54. The molecule has 1 saturated heterocycles. The molecular formula is C15H20N2O. The highest BCUT2D eigenvalue weighted by Gasteiger charge is 2.20. The Balaban J connectivity index is 1.91. The second-order valence-corrected chi connectivity index (χ2v) is 4.71. The van der Waals surface area contributed by atoms with E-state index < -0.39 is 0 Å². The van der Waals surface area contributed by atoms with E-state index in [1.165, 1.54) is 5.56 Å². The number of hydrogen-bond donors (Lipinski definition) is 0. The molecule has 0 unspecified atom stereocenters. The number of rotatable bonds is 4. The van der Waals surface area contributed by atoms with Crippen LogP contribution in [0.2, 0.25) is 0 Å². The third-order valence-corrected chi connectivity index (χ3v) is 3.54. The van der Waals surface area contributed by atoms with Gasteiger partial charge in [-0.1, -0.05) is 12.1 Å². The summed E-state index contributed by atoms with van der Waals surface area (Å²) in [5.41, 5.74) is 1.40. The van der Waals surface area contributed by atoms with Crippen LogP contribution in [0.3, 0.4) is 0 Å². The van der Waals surface area contributed by atoms with Crippen LogP contribution < -0.4 is 4.74 Å². The molecule has 1 fully saturated rings. The van der Waals surface area contributed by atoms with Gasteiger partial charge >= 0.3 is 0 Å². The monoisotopic (exact) mass is 244 g/mol. The fourth-order valence-electron chi connectivity index (χ4n) is 2.53. The average molecular weight is 244 g/mol. The van der Waals surface area contributed by atoms with E-state index in [-0.39, 0.29) is 0 Å². The van der Waals surface area contributed by atoms with Crippen LogP contribution in [0.25, 0.3) is 0 Å². The molecule has 1 aromatic rings. The molecule has 3 heteroatoms. The summed E-state index contributed by atoms with van der Waals surface area (Å²) in [4.78, 5) is 2.23. The van der Waals surface area contributed by atoms with Crippen molar-refractivity contribution >= 4 is 0 Å². The van der Waals surface area contributed by atoms with Crippen molar-refractivity contribution in [2.24, 2.45) is 0 Å². The SMILES string of the molecule is CCOc1ccc(C2CCN(CC#N)CC2)cc1. The average Bonchev–Trinajstić information content (AvgIpc) is 2.41. The Morgan fingerprint density at radius 2 is 1.94 bits per heavy atom. The molecule has 0 N–H and O–H groups in total. The number of nitrogens with zero attached hydrogens (tertiary/aromatic N) is 2. The molecule has 0 spiro atoms. The molecule has 0 atom stereocenters. The Labute approximate surface area is 109 Å². The Hall–Kier alpha value is -1.53. The van der Waals surface area contributed by atoms with Crippen LogP contribution in [-0.2, 0) is 0 Å². The first-order valence-corrected chi connectivity index (χ1v) is 6.65. The molecule has 96 valence electrons. The molecule has 0 saturated carbocycles. The van der Waals surface area contributed by atoms with Crippen molar-refractivity contribution in [3.63, 3.8) is 0 Å². The Bertz CT molecular complexity index is 399. The van der Waals surface area contributed by atoms with Crippen molar-refractivity contribution < 1.29 is 4.74 Å². The van der Waals surface area contributed by atoms with Gasteiger partial charge in [0.1, 0.15) is 5.75 Å². The summed E-state index contributed by atoms with van der Waals surface area (Å²) in [6, 6.07) is 10.7. The summed E-state index contributed by atoms with van der Waals surface area (Å²) < 4.78 is 5.45. The largest absolute Gasteiger partial charge is 0.494 e. The molecule has 1 heterocycles. The van der Waals surface area contributed by atoms with Crippen molar-refractivity contribution in [2.45, 2.75) is 25.7 Å². The van der Waals surface area contributed by atoms with Crippen molar-refractivity contribution in [3.05, 3.63) is 29.8 Å². The van der Waals surface area contributed by atoms with Gasteiger partial charge < -0.3 is 4.74 Å². The predicted molar refractivity (Wildman–Crippen MR) is 71.6 cm³/mol. The maximum absolute atomic E-state index is 8.68. The Morgan fingerprint density at radius 1 is 1.28 bits per heavy atom. The highest BCUT2D eigenvalue weighted by atomic mass is 16.5. The van der Waals surface area contributed by atoms with Crippen molar-refractivity contribution in [1.82, 2.24) is 4.90 Å². The second kappa shape index (κ2) is 6.42. The standard InChI is InChI=1S/C15H20N2O/c1-2-18-15-5-3-13(4-6-15)14-7-10-17(11-8-14)12-9-16/h3-6,14H,2,7-8,10-12H2,1H3. The number of ether oxygens (including phenoxy) is 1. The zero-order chi connectivity index (χ0) is 12.8. The van der Waals surface area contributed by atoms with Crippen molar-refractivity contribution in [2.75, 3.05) is 26.2 Å². The summed E-state index contributed by atoms with van der Waals surface area (Å²) in [7, 11) is 0. The quantitative estimate of drug-likeness (QED) is 0.764. The van der Waals surface area contributed by atoms with Gasteiger partial charge in [0.2, 0.25) is 0 Å². The van der Waals surface area contributed by atoms with Crippen molar-refractivity contribution in [3.8, 4) is 11.8 Å². The fraction of sp³-hybridized carbons (Fsp3) is 0.533. The van der Waals surface area contributed by atoms with Crippen LogP contribution in [0.4, 0.5) is 0 Å². The van der Waals surface area contributed by atoms with E-state index in [4.69, 9.17) is 10.00 Å². The zero-order valence-corrected chi connectivity index (χ0v) is 10.9. The molecule has 0 bridgehead atoms. The number of hydrogen-bond acceptors (Lipinski definition) is 3. The van der Waals surface area contributed by atoms with Gasteiger partial charge in [0.25, 0.3) is 0 Å². The number of piperidine rings is 1. The normalized spacial score (nSPS) is 17.3. The summed E-state index contributed by atoms with van der Waals surface area (Å²) in [5.74, 6) is 1.58. The molecule has 2 rings (SSSR count). The molecule has 0 amide bonds. The van der Waals surface area contributed by atoms with E-state index in [0.29, 0.717) is 19.1 Å². The van der Waals surface area contributed by atoms with Crippen LogP contribution in [0, 0.1) is 11.3 Å². The topological polar surface area (TPSA) is 36.3 Å². The molecule has 0 aliphatic carbocycles. The van der Waals surface area contributed by atoms with E-state index >= 15 is 0 Å². The van der Waals surface area contributed by atoms with E-state index in [1.807, 2.05) is 6.92 Å². The van der Waals surface area contributed by atoms with Crippen LogP contribution in [0.1, 0.15) is 31.2 Å². The number of nitriles is 1. The second-order valence-electron chi connectivity index (χ2n) is 4.71. The van der Waals surface area contributed by atoms with Crippen molar-refractivity contribution in [1.29, 1.82) is 5.26 Å². The van der Waals surface area contributed by atoms with Gasteiger partial charge in [0.05, 0.1) is 19.2 Å². The predicted octanol–water partition coefficient (Wildman–Crippen LogP) is 2.79. The van der Waals surface area contributed by atoms with E-state index in [9.17, 15) is 0 Å². The molecule has 1 aromatic carbocycles. The molecule has 1 aliphatic heterocycles. The van der Waals surface area contributed by atoms with Gasteiger partial charge in [-0.2, -0.15) is 5.26 Å². The van der Waals surface area contributed by atoms with E-state index in [1.54, 1.807) is 0 Å². The highest BCUT2D eigenvalue weighted by Crippen LogP contribution is 2.28. The van der Waals surface area contributed by atoms with Crippen LogP contribution in [0.15, 0.2) is 24.3 Å². The molecule has 0 radical (unpaired) electrons. The minimum absolute atomic E-state index is 0.565. The van der Waals surface area contributed by atoms with Crippen LogP contribution in [-0.4, -0.2) is 31.1 Å². The lowest BCUT2D eigenvalue weighted by Crippen LogP contribution is -2.33. The Kier molecular flexibility index (Phi) is 4.60. The number of benzene rings is 1. The number of likely N-dealkylation sites (tertiary alicyclic amines) is 1. The fourth-order valence-corrected chi connectivity index (χ4v) is 2.53. The summed E-state index contributed by atoms with van der Waals surface area (Å²) in [6.45, 7) is 5.34. The van der Waals surface area contributed by atoms with Gasteiger partial charge in [-0.05, 0) is 56.5 Å². The first-order chi connectivity index (χ1) is 8.83. The van der Waals surface area contributed by atoms with Gasteiger partial charge in [-0.25, -0.2) is 0 Å². The minimum atomic E-state index is 0.565. The lowest BCUT2D eigenvalue weighted by atomic mass is 9.89. The van der Waals surface area contributed by atoms with Gasteiger partial charge in [0.15, 0.2) is 0 Å². The smallest absolute Gasteiger partial charge is 0.119 e. The maximum atomic E-state index is 8.68.